The number of carbonyl (C=O) groups excluding carboxylic acids is 1. The fraction of sp³-hybridized carbons (Fsp3) is 0.588. The van der Waals surface area contributed by atoms with E-state index in [1.165, 1.54) is 18.1 Å². The number of hydrogen-bond donors (Lipinski definition) is 1. The van der Waals surface area contributed by atoms with Crippen LogP contribution in [0.2, 0.25) is 0 Å². The van der Waals surface area contributed by atoms with Crippen LogP contribution in [0, 0.1) is 0 Å². The summed E-state index contributed by atoms with van der Waals surface area (Å²) in [6.45, 7) is 8.07. The minimum Gasteiger partial charge on any atom is -0.462 e. The van der Waals surface area contributed by atoms with Gasteiger partial charge in [-0.25, -0.2) is 0 Å². The smallest absolute Gasteiger partial charge is 0.302 e. The van der Waals surface area contributed by atoms with E-state index in [-0.39, 0.29) is 12.6 Å². The minimum atomic E-state index is -0.240. The molecule has 0 bridgehead atoms. The van der Waals surface area contributed by atoms with Crippen LogP contribution in [0.3, 0.4) is 0 Å². The molecule has 3 heteroatoms. The molecule has 1 N–H and O–H groups in total. The first-order chi connectivity index (χ1) is 9.45. The quantitative estimate of drug-likeness (QED) is 0.514. The Kier molecular flexibility index (Phi) is 10.7. The first kappa shape index (κ1) is 18.7. The molecule has 0 radical (unpaired) electrons. The summed E-state index contributed by atoms with van der Waals surface area (Å²) in [4.78, 5) is 10.6. The van der Waals surface area contributed by atoms with Crippen molar-refractivity contribution >= 4 is 5.97 Å². The van der Waals surface area contributed by atoms with Crippen molar-refractivity contribution in [2.75, 3.05) is 13.2 Å². The Bertz CT molecular complexity index is 376. The molecule has 0 saturated carbocycles. The molecule has 0 aromatic heterocycles. The highest BCUT2D eigenvalue weighted by atomic mass is 16.5. The maximum Gasteiger partial charge on any atom is 0.302 e. The van der Waals surface area contributed by atoms with Crippen molar-refractivity contribution < 1.29 is 14.6 Å². The van der Waals surface area contributed by atoms with Crippen molar-refractivity contribution in [3.8, 4) is 0 Å². The molecule has 0 heterocycles. The lowest BCUT2D eigenvalue weighted by atomic mass is 10.1. The molecule has 0 aromatic carbocycles. The summed E-state index contributed by atoms with van der Waals surface area (Å²) in [5, 5.41) is 8.89. The van der Waals surface area contributed by atoms with E-state index in [9.17, 15) is 4.79 Å². The zero-order valence-corrected chi connectivity index (χ0v) is 13.2. The average molecular weight is 280 g/mol. The van der Waals surface area contributed by atoms with Crippen molar-refractivity contribution in [2.45, 2.75) is 53.4 Å². The van der Waals surface area contributed by atoms with Crippen LogP contribution >= 0.6 is 0 Å². The SMILES string of the molecule is CC(=O)OC/C=C(\C)CC/C=C(\C)CC/C=C(/C)CO. The number of ether oxygens (including phenoxy) is 1. The van der Waals surface area contributed by atoms with Crippen LogP contribution in [-0.2, 0) is 9.53 Å². The lowest BCUT2D eigenvalue weighted by Crippen LogP contribution is -1.98. The van der Waals surface area contributed by atoms with E-state index < -0.39 is 0 Å². The Labute approximate surface area is 123 Å². The number of carbonyl (C=O) groups is 1. The zero-order chi connectivity index (χ0) is 15.4. The number of allylic oxidation sites excluding steroid dienone is 4. The second kappa shape index (κ2) is 11.5. The van der Waals surface area contributed by atoms with Gasteiger partial charge in [0, 0.05) is 6.92 Å². The van der Waals surface area contributed by atoms with Gasteiger partial charge in [-0.2, -0.15) is 0 Å². The number of hydrogen-bond acceptors (Lipinski definition) is 3. The van der Waals surface area contributed by atoms with Crippen molar-refractivity contribution in [3.63, 3.8) is 0 Å². The Morgan fingerprint density at radius 3 is 1.90 bits per heavy atom. The van der Waals surface area contributed by atoms with Gasteiger partial charge in [0.25, 0.3) is 0 Å². The lowest BCUT2D eigenvalue weighted by Gasteiger charge is -2.02. The number of rotatable bonds is 9. The molecule has 0 aromatic rings. The van der Waals surface area contributed by atoms with Crippen molar-refractivity contribution in [3.05, 3.63) is 34.9 Å². The zero-order valence-electron chi connectivity index (χ0n) is 13.2. The molecule has 0 rings (SSSR count). The van der Waals surface area contributed by atoms with E-state index in [0.29, 0.717) is 6.61 Å². The summed E-state index contributed by atoms with van der Waals surface area (Å²) in [5.74, 6) is -0.240. The summed E-state index contributed by atoms with van der Waals surface area (Å²) < 4.78 is 4.87. The van der Waals surface area contributed by atoms with Gasteiger partial charge in [-0.3, -0.25) is 4.79 Å². The Balaban J connectivity index is 3.89. The van der Waals surface area contributed by atoms with Gasteiger partial charge in [-0.1, -0.05) is 28.9 Å². The summed E-state index contributed by atoms with van der Waals surface area (Å²) in [6.07, 6.45) is 10.3. The molecule has 20 heavy (non-hydrogen) atoms. The van der Waals surface area contributed by atoms with Crippen LogP contribution in [0.5, 0.6) is 0 Å². The van der Waals surface area contributed by atoms with Gasteiger partial charge in [-0.05, 0) is 52.5 Å². The highest BCUT2D eigenvalue weighted by molar-refractivity contribution is 5.66. The molecule has 0 spiro atoms. The Morgan fingerprint density at radius 2 is 1.40 bits per heavy atom. The molecular weight excluding hydrogens is 252 g/mol. The van der Waals surface area contributed by atoms with Crippen molar-refractivity contribution in [2.24, 2.45) is 0 Å². The van der Waals surface area contributed by atoms with Gasteiger partial charge in [0.15, 0.2) is 0 Å². The molecule has 114 valence electrons. The van der Waals surface area contributed by atoms with Crippen molar-refractivity contribution in [1.29, 1.82) is 0 Å². The third-order valence-electron chi connectivity index (χ3n) is 3.03. The second-order valence-electron chi connectivity index (χ2n) is 5.19. The fourth-order valence-electron chi connectivity index (χ4n) is 1.66. The molecule has 0 aliphatic heterocycles. The van der Waals surface area contributed by atoms with Crippen LogP contribution in [0.15, 0.2) is 34.9 Å². The largest absolute Gasteiger partial charge is 0.462 e. The molecule has 0 aliphatic carbocycles. The van der Waals surface area contributed by atoms with E-state index in [2.05, 4.69) is 26.0 Å². The molecule has 0 fully saturated rings. The fourth-order valence-corrected chi connectivity index (χ4v) is 1.66. The van der Waals surface area contributed by atoms with E-state index in [1.54, 1.807) is 0 Å². The third-order valence-corrected chi connectivity index (χ3v) is 3.03. The standard InChI is InChI=1S/C17H28O3/c1-14(8-6-10-16(3)13-18)7-5-9-15(2)11-12-20-17(4)19/h7,10-11,18H,5-6,8-9,12-13H2,1-4H3/b14-7+,15-11+,16-10-. The average Bonchev–Trinajstić information content (AvgIpc) is 2.38. The van der Waals surface area contributed by atoms with Gasteiger partial charge < -0.3 is 9.84 Å². The molecule has 0 aliphatic rings. The van der Waals surface area contributed by atoms with Gasteiger partial charge in [0.2, 0.25) is 0 Å². The molecule has 0 unspecified atom stereocenters. The molecule has 0 amide bonds. The predicted octanol–water partition coefficient (Wildman–Crippen LogP) is 3.94. The van der Waals surface area contributed by atoms with E-state index in [1.807, 2.05) is 13.0 Å². The summed E-state index contributed by atoms with van der Waals surface area (Å²) in [6, 6.07) is 0. The predicted molar refractivity (Wildman–Crippen MR) is 83.5 cm³/mol. The molecule has 0 saturated heterocycles. The van der Waals surface area contributed by atoms with Gasteiger partial charge in [0.1, 0.15) is 6.61 Å². The van der Waals surface area contributed by atoms with Gasteiger partial charge in [-0.15, -0.1) is 0 Å². The minimum absolute atomic E-state index is 0.148. The van der Waals surface area contributed by atoms with E-state index >= 15 is 0 Å². The second-order valence-corrected chi connectivity index (χ2v) is 5.19. The van der Waals surface area contributed by atoms with Crippen molar-refractivity contribution in [1.82, 2.24) is 0 Å². The van der Waals surface area contributed by atoms with Gasteiger partial charge >= 0.3 is 5.97 Å². The lowest BCUT2D eigenvalue weighted by molar-refractivity contribution is -0.139. The molecular formula is C17H28O3. The first-order valence-corrected chi connectivity index (χ1v) is 7.16. The molecule has 0 atom stereocenters. The number of aliphatic hydroxyl groups is 1. The highest BCUT2D eigenvalue weighted by Gasteiger charge is 1.93. The summed E-state index contributed by atoms with van der Waals surface area (Å²) in [7, 11) is 0. The maximum absolute atomic E-state index is 10.6. The van der Waals surface area contributed by atoms with E-state index in [0.717, 1.165) is 31.3 Å². The molecule has 3 nitrogen and oxygen atoms in total. The summed E-state index contributed by atoms with van der Waals surface area (Å²) in [5.41, 5.74) is 3.65. The Hall–Kier alpha value is -1.35. The van der Waals surface area contributed by atoms with E-state index in [4.69, 9.17) is 9.84 Å². The normalized spacial score (nSPS) is 13.6. The number of esters is 1. The highest BCUT2D eigenvalue weighted by Crippen LogP contribution is 2.11. The monoisotopic (exact) mass is 280 g/mol. The maximum atomic E-state index is 10.6. The first-order valence-electron chi connectivity index (χ1n) is 7.16. The topological polar surface area (TPSA) is 46.5 Å². The summed E-state index contributed by atoms with van der Waals surface area (Å²) >= 11 is 0. The van der Waals surface area contributed by atoms with Crippen LogP contribution < -0.4 is 0 Å². The van der Waals surface area contributed by atoms with Crippen LogP contribution in [0.4, 0.5) is 0 Å². The number of aliphatic hydroxyl groups excluding tert-OH is 1. The van der Waals surface area contributed by atoms with Crippen LogP contribution in [0.1, 0.15) is 53.4 Å². The van der Waals surface area contributed by atoms with Crippen LogP contribution in [-0.4, -0.2) is 24.3 Å². The van der Waals surface area contributed by atoms with Crippen LogP contribution in [0.25, 0.3) is 0 Å². The third kappa shape index (κ3) is 11.7. The Morgan fingerprint density at radius 1 is 0.900 bits per heavy atom. The van der Waals surface area contributed by atoms with Gasteiger partial charge in [0.05, 0.1) is 6.61 Å².